The minimum atomic E-state index is -0.276. The van der Waals surface area contributed by atoms with E-state index in [9.17, 15) is 4.39 Å². The van der Waals surface area contributed by atoms with E-state index in [1.165, 1.54) is 7.11 Å². The van der Waals surface area contributed by atoms with Gasteiger partial charge in [0.15, 0.2) is 11.6 Å². The second-order valence-electron chi connectivity index (χ2n) is 5.47. The molecule has 0 saturated heterocycles. The average Bonchev–Trinajstić information content (AvgIpc) is 2.46. The lowest BCUT2D eigenvalue weighted by Crippen LogP contribution is -2.45. The molecule has 0 fully saturated rings. The van der Waals surface area contributed by atoms with Gasteiger partial charge in [0, 0.05) is 12.6 Å². The Morgan fingerprint density at radius 3 is 2.48 bits per heavy atom. The summed E-state index contributed by atoms with van der Waals surface area (Å²) in [6, 6.07) is 5.36. The maximum Gasteiger partial charge on any atom is 0.168 e. The largest absolute Gasteiger partial charge is 0.494 e. The SMILES string of the molecule is CCNC(Cc1cccc(OC)c1F)C(OCC)C(C)C. The van der Waals surface area contributed by atoms with Crippen LogP contribution < -0.4 is 10.1 Å². The average molecular weight is 297 g/mol. The zero-order chi connectivity index (χ0) is 15.8. The van der Waals surface area contributed by atoms with Crippen molar-refractivity contribution in [3.8, 4) is 5.75 Å². The van der Waals surface area contributed by atoms with Gasteiger partial charge >= 0.3 is 0 Å². The maximum atomic E-state index is 14.3. The van der Waals surface area contributed by atoms with Crippen LogP contribution in [0.2, 0.25) is 0 Å². The Labute approximate surface area is 127 Å². The van der Waals surface area contributed by atoms with Crippen LogP contribution >= 0.6 is 0 Å². The molecule has 2 unspecified atom stereocenters. The van der Waals surface area contributed by atoms with E-state index in [0.717, 1.165) is 6.54 Å². The van der Waals surface area contributed by atoms with Gasteiger partial charge in [-0.1, -0.05) is 32.9 Å². The molecule has 1 aromatic carbocycles. The van der Waals surface area contributed by atoms with E-state index >= 15 is 0 Å². The Morgan fingerprint density at radius 2 is 1.95 bits per heavy atom. The first-order chi connectivity index (χ1) is 10.0. The fraction of sp³-hybridized carbons (Fsp3) is 0.647. The second-order valence-corrected chi connectivity index (χ2v) is 5.47. The number of ether oxygens (including phenoxy) is 2. The van der Waals surface area contributed by atoms with E-state index in [0.29, 0.717) is 30.3 Å². The molecule has 4 heteroatoms. The normalized spacial score (nSPS) is 14.2. The van der Waals surface area contributed by atoms with Gasteiger partial charge in [-0.05, 0) is 37.4 Å². The summed E-state index contributed by atoms with van der Waals surface area (Å²) < 4.78 is 25.3. The summed E-state index contributed by atoms with van der Waals surface area (Å²) in [4.78, 5) is 0. The maximum absolute atomic E-state index is 14.3. The van der Waals surface area contributed by atoms with Crippen molar-refractivity contribution in [1.29, 1.82) is 0 Å². The fourth-order valence-electron chi connectivity index (χ4n) is 2.64. The highest BCUT2D eigenvalue weighted by atomic mass is 19.1. The lowest BCUT2D eigenvalue weighted by molar-refractivity contribution is 0.00377. The van der Waals surface area contributed by atoms with Gasteiger partial charge in [0.05, 0.1) is 13.2 Å². The molecule has 0 heterocycles. The number of nitrogens with one attached hydrogen (secondary N) is 1. The summed E-state index contributed by atoms with van der Waals surface area (Å²) in [5.41, 5.74) is 0.658. The molecule has 0 amide bonds. The molecule has 1 rings (SSSR count). The minimum Gasteiger partial charge on any atom is -0.494 e. The first kappa shape index (κ1) is 17.9. The Bertz CT molecular complexity index is 423. The van der Waals surface area contributed by atoms with Gasteiger partial charge in [-0.2, -0.15) is 0 Å². The predicted octanol–water partition coefficient (Wildman–Crippen LogP) is 3.42. The molecular weight excluding hydrogens is 269 g/mol. The summed E-state index contributed by atoms with van der Waals surface area (Å²) in [7, 11) is 1.49. The molecule has 0 saturated carbocycles. The Morgan fingerprint density at radius 1 is 1.24 bits per heavy atom. The summed E-state index contributed by atoms with van der Waals surface area (Å²) in [6.07, 6.45) is 0.639. The Balaban J connectivity index is 2.96. The molecule has 0 aliphatic heterocycles. The molecule has 0 spiro atoms. The van der Waals surface area contributed by atoms with E-state index in [4.69, 9.17) is 9.47 Å². The topological polar surface area (TPSA) is 30.5 Å². The van der Waals surface area contributed by atoms with Gasteiger partial charge < -0.3 is 14.8 Å². The van der Waals surface area contributed by atoms with Crippen molar-refractivity contribution >= 4 is 0 Å². The van der Waals surface area contributed by atoms with Crippen LogP contribution in [0.1, 0.15) is 33.3 Å². The fourth-order valence-corrected chi connectivity index (χ4v) is 2.64. The molecule has 120 valence electrons. The molecular formula is C17H28FNO2. The number of hydrogen-bond donors (Lipinski definition) is 1. The zero-order valence-electron chi connectivity index (χ0n) is 13.8. The molecule has 0 aliphatic rings. The van der Waals surface area contributed by atoms with E-state index in [1.807, 2.05) is 19.1 Å². The number of likely N-dealkylation sites (N-methyl/N-ethyl adjacent to an activating group) is 1. The van der Waals surface area contributed by atoms with E-state index < -0.39 is 0 Å². The van der Waals surface area contributed by atoms with Crippen LogP contribution in [0.25, 0.3) is 0 Å². The lowest BCUT2D eigenvalue weighted by atomic mass is 9.93. The van der Waals surface area contributed by atoms with Gasteiger partial charge in [-0.25, -0.2) is 4.39 Å². The van der Waals surface area contributed by atoms with E-state index in [-0.39, 0.29) is 18.0 Å². The summed E-state index contributed by atoms with van der Waals surface area (Å²) in [5, 5.41) is 3.43. The van der Waals surface area contributed by atoms with Gasteiger partial charge in [-0.15, -0.1) is 0 Å². The van der Waals surface area contributed by atoms with Gasteiger partial charge in [0.2, 0.25) is 0 Å². The van der Waals surface area contributed by atoms with Crippen molar-refractivity contribution in [3.05, 3.63) is 29.6 Å². The van der Waals surface area contributed by atoms with Crippen molar-refractivity contribution in [2.45, 2.75) is 46.3 Å². The predicted molar refractivity (Wildman–Crippen MR) is 84.4 cm³/mol. The molecule has 1 aromatic rings. The van der Waals surface area contributed by atoms with E-state index in [2.05, 4.69) is 26.1 Å². The molecule has 1 N–H and O–H groups in total. The third-order valence-corrected chi connectivity index (χ3v) is 3.58. The van der Waals surface area contributed by atoms with Crippen molar-refractivity contribution in [1.82, 2.24) is 5.32 Å². The first-order valence-corrected chi connectivity index (χ1v) is 7.71. The number of methoxy groups -OCH3 is 1. The van der Waals surface area contributed by atoms with Crippen molar-refractivity contribution < 1.29 is 13.9 Å². The van der Waals surface area contributed by atoms with Crippen molar-refractivity contribution in [2.24, 2.45) is 5.92 Å². The standard InChI is InChI=1S/C17H28FNO2/c1-6-19-14(17(12(3)4)21-7-2)11-13-9-8-10-15(20-5)16(13)18/h8-10,12,14,17,19H,6-7,11H2,1-5H3. The van der Waals surface area contributed by atoms with Crippen molar-refractivity contribution in [2.75, 3.05) is 20.3 Å². The van der Waals surface area contributed by atoms with Crippen molar-refractivity contribution in [3.63, 3.8) is 0 Å². The number of rotatable bonds is 9. The third kappa shape index (κ3) is 4.97. The second kappa shape index (κ2) is 9.00. The van der Waals surface area contributed by atoms with Crippen LogP contribution in [0.3, 0.4) is 0 Å². The highest BCUT2D eigenvalue weighted by Crippen LogP contribution is 2.23. The minimum absolute atomic E-state index is 0.0561. The molecule has 0 bridgehead atoms. The molecule has 2 atom stereocenters. The van der Waals surface area contributed by atoms with E-state index in [1.54, 1.807) is 6.07 Å². The van der Waals surface area contributed by atoms with Crippen LogP contribution in [-0.4, -0.2) is 32.4 Å². The number of hydrogen-bond acceptors (Lipinski definition) is 3. The molecule has 3 nitrogen and oxygen atoms in total. The smallest absolute Gasteiger partial charge is 0.168 e. The summed E-state index contributed by atoms with van der Waals surface area (Å²) >= 11 is 0. The lowest BCUT2D eigenvalue weighted by Gasteiger charge is -2.31. The van der Waals surface area contributed by atoms with Gasteiger partial charge in [-0.3, -0.25) is 0 Å². The Kier molecular flexibility index (Phi) is 7.68. The first-order valence-electron chi connectivity index (χ1n) is 7.71. The summed E-state index contributed by atoms with van der Waals surface area (Å²) in [6.45, 7) is 9.79. The highest BCUT2D eigenvalue weighted by molar-refractivity contribution is 5.31. The summed E-state index contributed by atoms with van der Waals surface area (Å²) in [5.74, 6) is 0.379. The zero-order valence-corrected chi connectivity index (χ0v) is 13.8. The van der Waals surface area contributed by atoms with Crippen LogP contribution in [0, 0.1) is 11.7 Å². The van der Waals surface area contributed by atoms with Crippen LogP contribution in [0.4, 0.5) is 4.39 Å². The van der Waals surface area contributed by atoms with Gasteiger partial charge in [0.1, 0.15) is 0 Å². The van der Waals surface area contributed by atoms with Gasteiger partial charge in [0.25, 0.3) is 0 Å². The molecule has 21 heavy (non-hydrogen) atoms. The van der Waals surface area contributed by atoms with Crippen LogP contribution in [0.5, 0.6) is 5.75 Å². The third-order valence-electron chi connectivity index (χ3n) is 3.58. The highest BCUT2D eigenvalue weighted by Gasteiger charge is 2.26. The number of halogens is 1. The number of benzene rings is 1. The Hall–Kier alpha value is -1.13. The van der Waals surface area contributed by atoms with Crippen LogP contribution in [-0.2, 0) is 11.2 Å². The monoisotopic (exact) mass is 297 g/mol. The molecule has 0 aliphatic carbocycles. The quantitative estimate of drug-likeness (QED) is 0.757. The molecule has 0 radical (unpaired) electrons. The van der Waals surface area contributed by atoms with Crippen LogP contribution in [0.15, 0.2) is 18.2 Å². The molecule has 0 aromatic heterocycles.